The molecule has 4 nitrogen and oxygen atoms in total. The van der Waals surface area contributed by atoms with Gasteiger partial charge in [-0.1, -0.05) is 41.9 Å². The maximum Gasteiger partial charge on any atom is 0.248 e. The largest absolute Gasteiger partial charge is 0.366 e. The molecule has 0 saturated carbocycles. The number of amides is 1. The molecule has 1 aliphatic heterocycles. The molecular weight excluding hydrogens is 326 g/mol. The molecule has 2 aromatic rings. The fraction of sp³-hybridized carbons (Fsp3) is 0.316. The normalized spacial score (nSPS) is 21.7. The Kier molecular flexibility index (Phi) is 5.51. The Morgan fingerprint density at radius 1 is 1.08 bits per heavy atom. The van der Waals surface area contributed by atoms with Crippen LogP contribution in [0.15, 0.2) is 48.5 Å². The maximum absolute atomic E-state index is 11.7. The van der Waals surface area contributed by atoms with Gasteiger partial charge in [0.2, 0.25) is 5.91 Å². The van der Waals surface area contributed by atoms with Crippen LogP contribution in [0.3, 0.4) is 0 Å². The highest BCUT2D eigenvalue weighted by Gasteiger charge is 2.23. The van der Waals surface area contributed by atoms with Crippen LogP contribution < -0.4 is 5.73 Å². The van der Waals surface area contributed by atoms with Gasteiger partial charge in [-0.15, -0.1) is 0 Å². The summed E-state index contributed by atoms with van der Waals surface area (Å²) in [4.78, 5) is 11.7. The SMILES string of the molecule is NC(=O)c1ccccc1[C@H]1CCCO[C@@H](c2ccc(Cl)cc2)OC1. The smallest absolute Gasteiger partial charge is 0.248 e. The second-order valence-corrected chi connectivity index (χ2v) is 6.31. The van der Waals surface area contributed by atoms with Gasteiger partial charge in [0.15, 0.2) is 6.29 Å². The van der Waals surface area contributed by atoms with E-state index in [0.717, 1.165) is 24.0 Å². The highest BCUT2D eigenvalue weighted by atomic mass is 35.5. The van der Waals surface area contributed by atoms with Gasteiger partial charge in [-0.25, -0.2) is 0 Å². The fourth-order valence-electron chi connectivity index (χ4n) is 2.99. The van der Waals surface area contributed by atoms with Crippen LogP contribution in [0.4, 0.5) is 0 Å². The van der Waals surface area contributed by atoms with Crippen molar-refractivity contribution >= 4 is 17.5 Å². The van der Waals surface area contributed by atoms with Gasteiger partial charge in [0.05, 0.1) is 13.2 Å². The summed E-state index contributed by atoms with van der Waals surface area (Å²) in [6, 6.07) is 14.9. The highest BCUT2D eigenvalue weighted by Crippen LogP contribution is 2.31. The van der Waals surface area contributed by atoms with Crippen molar-refractivity contribution < 1.29 is 14.3 Å². The van der Waals surface area contributed by atoms with E-state index in [1.54, 1.807) is 6.07 Å². The number of carbonyl (C=O) groups is 1. The molecule has 1 fully saturated rings. The van der Waals surface area contributed by atoms with Gasteiger partial charge in [-0.2, -0.15) is 0 Å². The van der Waals surface area contributed by atoms with Crippen molar-refractivity contribution in [3.8, 4) is 0 Å². The minimum atomic E-state index is -0.425. The predicted octanol–water partition coefficient (Wildman–Crippen LogP) is 4.05. The van der Waals surface area contributed by atoms with Crippen molar-refractivity contribution in [2.24, 2.45) is 5.73 Å². The predicted molar refractivity (Wildman–Crippen MR) is 93.0 cm³/mol. The quantitative estimate of drug-likeness (QED) is 0.912. The molecule has 24 heavy (non-hydrogen) atoms. The van der Waals surface area contributed by atoms with Crippen LogP contribution in [0.1, 0.15) is 46.5 Å². The molecule has 5 heteroatoms. The van der Waals surface area contributed by atoms with E-state index in [1.165, 1.54) is 0 Å². The van der Waals surface area contributed by atoms with E-state index in [-0.39, 0.29) is 5.92 Å². The number of hydrogen-bond donors (Lipinski definition) is 1. The third-order valence-corrected chi connectivity index (χ3v) is 4.48. The summed E-state index contributed by atoms with van der Waals surface area (Å²) in [6.07, 6.45) is 1.36. The molecule has 1 heterocycles. The number of hydrogen-bond acceptors (Lipinski definition) is 3. The number of rotatable bonds is 3. The van der Waals surface area contributed by atoms with Crippen molar-refractivity contribution in [3.63, 3.8) is 0 Å². The van der Waals surface area contributed by atoms with E-state index < -0.39 is 12.2 Å². The van der Waals surface area contributed by atoms with Gasteiger partial charge in [0.1, 0.15) is 0 Å². The first-order valence-electron chi connectivity index (χ1n) is 8.02. The molecule has 0 aromatic heterocycles. The molecule has 2 aromatic carbocycles. The molecule has 1 saturated heterocycles. The first-order valence-corrected chi connectivity index (χ1v) is 8.40. The van der Waals surface area contributed by atoms with E-state index in [1.807, 2.05) is 42.5 Å². The number of benzene rings is 2. The lowest BCUT2D eigenvalue weighted by atomic mass is 9.90. The van der Waals surface area contributed by atoms with Crippen LogP contribution in [0.5, 0.6) is 0 Å². The zero-order valence-corrected chi connectivity index (χ0v) is 14.0. The Labute approximate surface area is 146 Å². The van der Waals surface area contributed by atoms with Gasteiger partial charge >= 0.3 is 0 Å². The van der Waals surface area contributed by atoms with Crippen LogP contribution in [0, 0.1) is 0 Å². The average Bonchev–Trinajstić information content (AvgIpc) is 2.56. The van der Waals surface area contributed by atoms with Crippen LogP contribution in [0.25, 0.3) is 0 Å². The summed E-state index contributed by atoms with van der Waals surface area (Å²) >= 11 is 5.93. The summed E-state index contributed by atoms with van der Waals surface area (Å²) < 4.78 is 11.8. The van der Waals surface area contributed by atoms with Crippen molar-refractivity contribution in [2.75, 3.05) is 13.2 Å². The first-order chi connectivity index (χ1) is 11.6. The average molecular weight is 346 g/mol. The summed E-state index contributed by atoms with van der Waals surface area (Å²) in [5, 5.41) is 0.679. The van der Waals surface area contributed by atoms with Crippen LogP contribution in [-0.2, 0) is 9.47 Å². The summed E-state index contributed by atoms with van der Waals surface area (Å²) in [7, 11) is 0. The third kappa shape index (κ3) is 3.96. The highest BCUT2D eigenvalue weighted by molar-refractivity contribution is 6.30. The number of primary amides is 1. The standard InChI is InChI=1S/C19H20ClNO3/c20-15-9-7-13(8-10-15)19-23-11-3-4-14(12-24-19)16-5-1-2-6-17(16)18(21)22/h1-2,5-10,14,19H,3-4,11-12H2,(H2,21,22)/t14-,19+/m0/s1. The number of halogens is 1. The summed E-state index contributed by atoms with van der Waals surface area (Å²) in [6.45, 7) is 1.07. The second kappa shape index (κ2) is 7.79. The lowest BCUT2D eigenvalue weighted by molar-refractivity contribution is -0.159. The van der Waals surface area contributed by atoms with E-state index >= 15 is 0 Å². The molecular formula is C19H20ClNO3. The minimum Gasteiger partial charge on any atom is -0.366 e. The van der Waals surface area contributed by atoms with Crippen molar-refractivity contribution in [2.45, 2.75) is 25.0 Å². The Balaban J connectivity index is 1.78. The van der Waals surface area contributed by atoms with Crippen LogP contribution in [0.2, 0.25) is 5.02 Å². The molecule has 0 unspecified atom stereocenters. The number of nitrogens with two attached hydrogens (primary N) is 1. The first kappa shape index (κ1) is 17.0. The second-order valence-electron chi connectivity index (χ2n) is 5.88. The lowest BCUT2D eigenvalue weighted by Gasteiger charge is -2.27. The van der Waals surface area contributed by atoms with E-state index in [9.17, 15) is 4.79 Å². The lowest BCUT2D eigenvalue weighted by Crippen LogP contribution is -2.22. The van der Waals surface area contributed by atoms with Gasteiger partial charge < -0.3 is 15.2 Å². The number of ether oxygens (including phenoxy) is 2. The van der Waals surface area contributed by atoms with Gasteiger partial charge in [0.25, 0.3) is 0 Å². The Morgan fingerprint density at radius 3 is 2.58 bits per heavy atom. The Morgan fingerprint density at radius 2 is 1.83 bits per heavy atom. The fourth-order valence-corrected chi connectivity index (χ4v) is 3.12. The molecule has 0 spiro atoms. The number of carbonyl (C=O) groups excluding carboxylic acids is 1. The van der Waals surface area contributed by atoms with Crippen LogP contribution in [-0.4, -0.2) is 19.1 Å². The van der Waals surface area contributed by atoms with E-state index in [0.29, 0.717) is 23.8 Å². The Bertz CT molecular complexity index is 702. The van der Waals surface area contributed by atoms with Crippen molar-refractivity contribution in [1.82, 2.24) is 0 Å². The Hall–Kier alpha value is -1.88. The third-order valence-electron chi connectivity index (χ3n) is 4.22. The van der Waals surface area contributed by atoms with Gasteiger partial charge in [-0.3, -0.25) is 4.79 Å². The minimum absolute atomic E-state index is 0.118. The summed E-state index contributed by atoms with van der Waals surface area (Å²) in [5.41, 5.74) is 7.95. The van der Waals surface area contributed by atoms with Crippen molar-refractivity contribution in [3.05, 3.63) is 70.2 Å². The van der Waals surface area contributed by atoms with Crippen molar-refractivity contribution in [1.29, 1.82) is 0 Å². The molecule has 2 N–H and O–H groups in total. The van der Waals surface area contributed by atoms with Gasteiger partial charge in [0, 0.05) is 22.1 Å². The topological polar surface area (TPSA) is 61.6 Å². The molecule has 2 atom stereocenters. The molecule has 0 aliphatic carbocycles. The van der Waals surface area contributed by atoms with Crippen LogP contribution >= 0.6 is 11.6 Å². The van der Waals surface area contributed by atoms with Gasteiger partial charge in [-0.05, 0) is 36.6 Å². The zero-order valence-electron chi connectivity index (χ0n) is 13.3. The molecule has 0 radical (unpaired) electrons. The molecule has 0 bridgehead atoms. The summed E-state index contributed by atoms with van der Waals surface area (Å²) in [5.74, 6) is -0.287. The zero-order chi connectivity index (χ0) is 16.9. The molecule has 3 rings (SSSR count). The van der Waals surface area contributed by atoms with E-state index in [4.69, 9.17) is 26.8 Å². The molecule has 126 valence electrons. The van der Waals surface area contributed by atoms with E-state index in [2.05, 4.69) is 0 Å². The maximum atomic E-state index is 11.7. The molecule has 1 aliphatic rings. The molecule has 1 amide bonds. The monoisotopic (exact) mass is 345 g/mol.